The van der Waals surface area contributed by atoms with Crippen LogP contribution in [0.4, 0.5) is 0 Å². The van der Waals surface area contributed by atoms with Crippen LogP contribution in [-0.4, -0.2) is 28.4 Å². The molecular weight excluding hydrogens is 308 g/mol. The van der Waals surface area contributed by atoms with Crippen molar-refractivity contribution in [3.63, 3.8) is 0 Å². The van der Waals surface area contributed by atoms with Crippen LogP contribution in [0.2, 0.25) is 0 Å². The van der Waals surface area contributed by atoms with Crippen LogP contribution in [0.1, 0.15) is 16.7 Å². The van der Waals surface area contributed by atoms with Crippen molar-refractivity contribution in [3.8, 4) is 11.5 Å². The molecule has 0 spiro atoms. The van der Waals surface area contributed by atoms with Crippen molar-refractivity contribution in [3.05, 3.63) is 59.2 Å². The number of aryl methyl sites for hydroxylation is 1. The van der Waals surface area contributed by atoms with Gasteiger partial charge in [-0.1, -0.05) is 35.9 Å². The molecule has 2 aromatic carbocycles. The number of nitrogens with one attached hydrogen (secondary N) is 2. The van der Waals surface area contributed by atoms with Gasteiger partial charge in [-0.3, -0.25) is 0 Å². The Morgan fingerprint density at radius 3 is 2.04 bits per heavy atom. The number of phenolic OH excluding ortho intramolecular Hbond substituents is 2. The highest BCUT2D eigenvalue weighted by atomic mass is 32.1. The molecule has 0 aliphatic carbocycles. The minimum absolute atomic E-state index is 0.0960. The largest absolute Gasteiger partial charge is 0.504 e. The van der Waals surface area contributed by atoms with Crippen LogP contribution in [0, 0.1) is 6.92 Å². The average molecular weight is 330 g/mol. The Bertz CT molecular complexity index is 657. The van der Waals surface area contributed by atoms with Crippen molar-refractivity contribution in [2.45, 2.75) is 19.8 Å². The van der Waals surface area contributed by atoms with Gasteiger partial charge in [0.25, 0.3) is 0 Å². The lowest BCUT2D eigenvalue weighted by Crippen LogP contribution is -2.37. The molecule has 2 rings (SSSR count). The van der Waals surface area contributed by atoms with E-state index in [0.717, 1.165) is 18.5 Å². The van der Waals surface area contributed by atoms with E-state index in [4.69, 9.17) is 12.2 Å². The van der Waals surface area contributed by atoms with Gasteiger partial charge in [-0.15, -0.1) is 0 Å². The van der Waals surface area contributed by atoms with Gasteiger partial charge in [0.1, 0.15) is 0 Å². The second kappa shape index (κ2) is 8.39. The van der Waals surface area contributed by atoms with E-state index < -0.39 is 0 Å². The van der Waals surface area contributed by atoms with E-state index in [0.29, 0.717) is 18.1 Å². The molecule has 0 unspecified atom stereocenters. The lowest BCUT2D eigenvalue weighted by atomic mass is 10.1. The molecule has 0 saturated heterocycles. The van der Waals surface area contributed by atoms with E-state index in [1.807, 2.05) is 0 Å². The smallest absolute Gasteiger partial charge is 0.166 e. The van der Waals surface area contributed by atoms with Crippen LogP contribution in [0.25, 0.3) is 0 Å². The van der Waals surface area contributed by atoms with Crippen LogP contribution in [-0.2, 0) is 12.8 Å². The van der Waals surface area contributed by atoms with Gasteiger partial charge in [0.2, 0.25) is 0 Å². The van der Waals surface area contributed by atoms with E-state index in [2.05, 4.69) is 41.8 Å². The SMILES string of the molecule is Cc1ccc(CCNC(=S)NCCc2ccc(O)c(O)c2)cc1. The zero-order chi connectivity index (χ0) is 16.7. The number of rotatable bonds is 6. The zero-order valence-corrected chi connectivity index (χ0v) is 14.0. The summed E-state index contributed by atoms with van der Waals surface area (Å²) < 4.78 is 0. The summed E-state index contributed by atoms with van der Waals surface area (Å²) in [5.74, 6) is -0.198. The van der Waals surface area contributed by atoms with Gasteiger partial charge in [0, 0.05) is 13.1 Å². The molecule has 0 heterocycles. The van der Waals surface area contributed by atoms with Crippen LogP contribution in [0.3, 0.4) is 0 Å². The monoisotopic (exact) mass is 330 g/mol. The van der Waals surface area contributed by atoms with E-state index in [-0.39, 0.29) is 11.5 Å². The number of hydrogen-bond acceptors (Lipinski definition) is 3. The van der Waals surface area contributed by atoms with E-state index in [1.165, 1.54) is 17.2 Å². The van der Waals surface area contributed by atoms with Gasteiger partial charge in [-0.05, 0) is 55.2 Å². The molecular formula is C18H22N2O2S. The molecule has 2 aromatic rings. The number of phenols is 2. The van der Waals surface area contributed by atoms with Crippen LogP contribution < -0.4 is 10.6 Å². The first-order chi connectivity index (χ1) is 11.0. The highest BCUT2D eigenvalue weighted by molar-refractivity contribution is 7.80. The van der Waals surface area contributed by atoms with Gasteiger partial charge in [-0.25, -0.2) is 0 Å². The number of thiocarbonyl (C=S) groups is 1. The fraction of sp³-hybridized carbons (Fsp3) is 0.278. The third-order valence-corrected chi connectivity index (χ3v) is 3.85. The molecule has 4 N–H and O–H groups in total. The first-order valence-corrected chi connectivity index (χ1v) is 8.03. The molecule has 0 aliphatic heterocycles. The normalized spacial score (nSPS) is 10.3. The van der Waals surface area contributed by atoms with Crippen LogP contribution in [0.15, 0.2) is 42.5 Å². The summed E-state index contributed by atoms with van der Waals surface area (Å²) in [4.78, 5) is 0. The Hall–Kier alpha value is -2.27. The maximum atomic E-state index is 9.44. The second-order valence-electron chi connectivity index (χ2n) is 5.49. The number of hydrogen-bond donors (Lipinski definition) is 4. The molecule has 0 saturated carbocycles. The van der Waals surface area contributed by atoms with Gasteiger partial charge < -0.3 is 20.8 Å². The summed E-state index contributed by atoms with van der Waals surface area (Å²) >= 11 is 5.24. The Labute approximate surface area is 142 Å². The van der Waals surface area contributed by atoms with E-state index in [1.54, 1.807) is 12.1 Å². The summed E-state index contributed by atoms with van der Waals surface area (Å²) in [7, 11) is 0. The molecule has 0 aromatic heterocycles. The van der Waals surface area contributed by atoms with Gasteiger partial charge in [0.05, 0.1) is 0 Å². The molecule has 0 radical (unpaired) electrons. The van der Waals surface area contributed by atoms with Crippen LogP contribution >= 0.6 is 12.2 Å². The van der Waals surface area contributed by atoms with E-state index in [9.17, 15) is 10.2 Å². The first kappa shape index (κ1) is 17.1. The minimum atomic E-state index is -0.102. The van der Waals surface area contributed by atoms with Crippen molar-refractivity contribution >= 4 is 17.3 Å². The minimum Gasteiger partial charge on any atom is -0.504 e. The molecule has 23 heavy (non-hydrogen) atoms. The van der Waals surface area contributed by atoms with Crippen molar-refractivity contribution in [2.75, 3.05) is 13.1 Å². The fourth-order valence-electron chi connectivity index (χ4n) is 2.18. The highest BCUT2D eigenvalue weighted by Crippen LogP contribution is 2.24. The Balaban J connectivity index is 1.65. The van der Waals surface area contributed by atoms with Gasteiger partial charge >= 0.3 is 0 Å². The standard InChI is InChI=1S/C18H22N2O2S/c1-13-2-4-14(5-3-13)8-10-19-18(23)20-11-9-15-6-7-16(21)17(22)12-15/h2-7,12,21-22H,8-11H2,1H3,(H2,19,20,23). The Morgan fingerprint density at radius 1 is 0.870 bits per heavy atom. The van der Waals surface area contributed by atoms with Crippen molar-refractivity contribution in [1.29, 1.82) is 0 Å². The summed E-state index contributed by atoms with van der Waals surface area (Å²) in [6, 6.07) is 13.3. The zero-order valence-electron chi connectivity index (χ0n) is 13.2. The summed E-state index contributed by atoms with van der Waals surface area (Å²) in [6.45, 7) is 3.53. The molecule has 5 heteroatoms. The van der Waals surface area contributed by atoms with E-state index >= 15 is 0 Å². The lowest BCUT2D eigenvalue weighted by molar-refractivity contribution is 0.403. The van der Waals surface area contributed by atoms with Gasteiger partial charge in [0.15, 0.2) is 16.6 Å². The molecule has 4 nitrogen and oxygen atoms in total. The topological polar surface area (TPSA) is 64.5 Å². The highest BCUT2D eigenvalue weighted by Gasteiger charge is 2.01. The molecule has 0 amide bonds. The maximum Gasteiger partial charge on any atom is 0.166 e. The summed E-state index contributed by atoms with van der Waals surface area (Å²) in [5, 5.41) is 25.7. The quantitative estimate of drug-likeness (QED) is 0.484. The summed E-state index contributed by atoms with van der Waals surface area (Å²) in [6.07, 6.45) is 1.64. The van der Waals surface area contributed by atoms with Crippen molar-refractivity contribution in [1.82, 2.24) is 10.6 Å². The Morgan fingerprint density at radius 2 is 1.43 bits per heavy atom. The number of aromatic hydroxyl groups is 2. The predicted molar refractivity (Wildman–Crippen MR) is 97.0 cm³/mol. The fourth-order valence-corrected chi connectivity index (χ4v) is 2.39. The maximum absolute atomic E-state index is 9.44. The summed E-state index contributed by atoms with van der Waals surface area (Å²) in [5.41, 5.74) is 3.49. The molecule has 122 valence electrons. The molecule has 0 aliphatic rings. The second-order valence-corrected chi connectivity index (χ2v) is 5.90. The van der Waals surface area contributed by atoms with Crippen LogP contribution in [0.5, 0.6) is 11.5 Å². The van der Waals surface area contributed by atoms with Gasteiger partial charge in [-0.2, -0.15) is 0 Å². The predicted octanol–water partition coefficient (Wildman–Crippen LogP) is 2.66. The number of benzene rings is 2. The average Bonchev–Trinajstić information content (AvgIpc) is 2.53. The third kappa shape index (κ3) is 5.79. The third-order valence-electron chi connectivity index (χ3n) is 3.56. The Kier molecular flexibility index (Phi) is 6.23. The lowest BCUT2D eigenvalue weighted by Gasteiger charge is -2.11. The van der Waals surface area contributed by atoms with Crippen molar-refractivity contribution in [2.24, 2.45) is 0 Å². The first-order valence-electron chi connectivity index (χ1n) is 7.62. The molecule has 0 bridgehead atoms. The molecule has 0 fully saturated rings. The molecule has 0 atom stereocenters. The van der Waals surface area contributed by atoms with Crippen molar-refractivity contribution < 1.29 is 10.2 Å².